The molecule has 1 saturated heterocycles. The van der Waals surface area contributed by atoms with Crippen LogP contribution < -0.4 is 10.6 Å². The Morgan fingerprint density at radius 2 is 2.11 bits per heavy atom. The molecule has 0 aromatic heterocycles. The lowest BCUT2D eigenvalue weighted by Gasteiger charge is -2.37. The van der Waals surface area contributed by atoms with E-state index in [1.165, 1.54) is 0 Å². The molecule has 1 aliphatic rings. The number of nitriles is 1. The number of anilines is 1. The second kappa shape index (κ2) is 5.72. The van der Waals surface area contributed by atoms with Crippen molar-refractivity contribution in [1.29, 1.82) is 5.26 Å². The zero-order valence-electron chi connectivity index (χ0n) is 11.2. The Morgan fingerprint density at radius 3 is 2.74 bits per heavy atom. The molecular formula is C14H18N4O. The number of hydrogen-bond donors (Lipinski definition) is 2. The SMILES string of the molecule is CC1CN(C(=O)Nc2ccc(C#N)cc2)C(C)CN1. The average Bonchev–Trinajstić information content (AvgIpc) is 2.42. The lowest BCUT2D eigenvalue weighted by atomic mass is 10.1. The highest BCUT2D eigenvalue weighted by Gasteiger charge is 2.26. The summed E-state index contributed by atoms with van der Waals surface area (Å²) in [4.78, 5) is 14.0. The van der Waals surface area contributed by atoms with E-state index < -0.39 is 0 Å². The third kappa shape index (κ3) is 3.24. The number of urea groups is 1. The van der Waals surface area contributed by atoms with Crippen molar-refractivity contribution in [1.82, 2.24) is 10.2 Å². The second-order valence-electron chi connectivity index (χ2n) is 4.93. The van der Waals surface area contributed by atoms with Gasteiger partial charge in [-0.25, -0.2) is 4.79 Å². The van der Waals surface area contributed by atoms with E-state index in [4.69, 9.17) is 5.26 Å². The zero-order chi connectivity index (χ0) is 13.8. The van der Waals surface area contributed by atoms with Crippen LogP contribution in [0.3, 0.4) is 0 Å². The fourth-order valence-electron chi connectivity index (χ4n) is 2.13. The monoisotopic (exact) mass is 258 g/mol. The maximum absolute atomic E-state index is 12.2. The molecule has 2 atom stereocenters. The number of piperazine rings is 1. The Balaban J connectivity index is 2.01. The fraction of sp³-hybridized carbons (Fsp3) is 0.429. The normalized spacial score (nSPS) is 22.7. The van der Waals surface area contributed by atoms with Gasteiger partial charge in [0.05, 0.1) is 11.6 Å². The number of nitrogens with zero attached hydrogens (tertiary/aromatic N) is 2. The summed E-state index contributed by atoms with van der Waals surface area (Å²) in [6.07, 6.45) is 0. The Kier molecular flexibility index (Phi) is 4.03. The molecule has 19 heavy (non-hydrogen) atoms. The van der Waals surface area contributed by atoms with Crippen molar-refractivity contribution >= 4 is 11.7 Å². The number of carbonyl (C=O) groups is 1. The minimum Gasteiger partial charge on any atom is -0.319 e. The van der Waals surface area contributed by atoms with E-state index in [-0.39, 0.29) is 12.1 Å². The van der Waals surface area contributed by atoms with Crippen LogP contribution in [0.15, 0.2) is 24.3 Å². The number of amides is 2. The molecule has 1 aromatic rings. The van der Waals surface area contributed by atoms with Crippen molar-refractivity contribution < 1.29 is 4.79 Å². The zero-order valence-corrected chi connectivity index (χ0v) is 11.2. The van der Waals surface area contributed by atoms with Crippen molar-refractivity contribution in [2.45, 2.75) is 25.9 Å². The van der Waals surface area contributed by atoms with Crippen LogP contribution in [0.2, 0.25) is 0 Å². The molecule has 1 heterocycles. The van der Waals surface area contributed by atoms with Gasteiger partial charge in [0.15, 0.2) is 0 Å². The minimum atomic E-state index is -0.0921. The van der Waals surface area contributed by atoms with Crippen molar-refractivity contribution in [3.63, 3.8) is 0 Å². The van der Waals surface area contributed by atoms with E-state index in [2.05, 4.69) is 23.6 Å². The van der Waals surface area contributed by atoms with Gasteiger partial charge in [-0.05, 0) is 38.1 Å². The Hall–Kier alpha value is -2.06. The third-order valence-electron chi connectivity index (χ3n) is 3.29. The molecule has 2 amide bonds. The first-order valence-electron chi connectivity index (χ1n) is 6.41. The van der Waals surface area contributed by atoms with E-state index >= 15 is 0 Å². The van der Waals surface area contributed by atoms with Crippen LogP contribution in [0.5, 0.6) is 0 Å². The van der Waals surface area contributed by atoms with Gasteiger partial charge in [-0.15, -0.1) is 0 Å². The maximum Gasteiger partial charge on any atom is 0.322 e. The highest BCUT2D eigenvalue weighted by atomic mass is 16.2. The van der Waals surface area contributed by atoms with E-state index in [9.17, 15) is 4.79 Å². The van der Waals surface area contributed by atoms with Crippen LogP contribution in [0.1, 0.15) is 19.4 Å². The van der Waals surface area contributed by atoms with Crippen molar-refractivity contribution in [2.75, 3.05) is 18.4 Å². The van der Waals surface area contributed by atoms with E-state index in [0.717, 1.165) is 6.54 Å². The molecule has 0 radical (unpaired) electrons. The largest absolute Gasteiger partial charge is 0.322 e. The number of rotatable bonds is 1. The molecule has 1 fully saturated rings. The topological polar surface area (TPSA) is 68.2 Å². The third-order valence-corrected chi connectivity index (χ3v) is 3.29. The first-order valence-corrected chi connectivity index (χ1v) is 6.41. The molecule has 0 spiro atoms. The highest BCUT2D eigenvalue weighted by molar-refractivity contribution is 5.89. The summed E-state index contributed by atoms with van der Waals surface area (Å²) in [7, 11) is 0. The predicted octanol–water partition coefficient (Wildman–Crippen LogP) is 1.77. The van der Waals surface area contributed by atoms with Gasteiger partial charge in [0, 0.05) is 30.9 Å². The van der Waals surface area contributed by atoms with Gasteiger partial charge in [-0.2, -0.15) is 5.26 Å². The van der Waals surface area contributed by atoms with Crippen LogP contribution in [0, 0.1) is 11.3 Å². The number of benzene rings is 1. The van der Waals surface area contributed by atoms with Crippen molar-refractivity contribution in [3.8, 4) is 6.07 Å². The van der Waals surface area contributed by atoms with Crippen LogP contribution >= 0.6 is 0 Å². The molecule has 0 aliphatic carbocycles. The molecule has 1 aliphatic heterocycles. The Bertz CT molecular complexity index is 491. The van der Waals surface area contributed by atoms with Gasteiger partial charge in [-0.3, -0.25) is 0 Å². The van der Waals surface area contributed by atoms with Crippen molar-refractivity contribution in [2.24, 2.45) is 0 Å². The van der Waals surface area contributed by atoms with Crippen LogP contribution in [-0.2, 0) is 0 Å². The molecule has 0 bridgehead atoms. The predicted molar refractivity (Wildman–Crippen MR) is 73.8 cm³/mol. The molecular weight excluding hydrogens is 240 g/mol. The number of nitrogens with one attached hydrogen (secondary N) is 2. The second-order valence-corrected chi connectivity index (χ2v) is 4.93. The summed E-state index contributed by atoms with van der Waals surface area (Å²) < 4.78 is 0. The molecule has 0 saturated carbocycles. The minimum absolute atomic E-state index is 0.0921. The van der Waals surface area contributed by atoms with Gasteiger partial charge >= 0.3 is 6.03 Å². The average molecular weight is 258 g/mol. The van der Waals surface area contributed by atoms with E-state index in [1.54, 1.807) is 24.3 Å². The van der Waals surface area contributed by atoms with Crippen LogP contribution in [-0.4, -0.2) is 36.1 Å². The van der Waals surface area contributed by atoms with Crippen LogP contribution in [0.25, 0.3) is 0 Å². The van der Waals surface area contributed by atoms with Gasteiger partial charge in [0.1, 0.15) is 0 Å². The molecule has 5 heteroatoms. The molecule has 5 nitrogen and oxygen atoms in total. The summed E-state index contributed by atoms with van der Waals surface area (Å²) in [5.74, 6) is 0. The Labute approximate surface area is 113 Å². The van der Waals surface area contributed by atoms with Gasteiger partial charge in [0.2, 0.25) is 0 Å². The fourth-order valence-corrected chi connectivity index (χ4v) is 2.13. The Morgan fingerprint density at radius 1 is 1.42 bits per heavy atom. The summed E-state index contributed by atoms with van der Waals surface area (Å²) in [6, 6.07) is 9.32. The van der Waals surface area contributed by atoms with Crippen LogP contribution in [0.4, 0.5) is 10.5 Å². The van der Waals surface area contributed by atoms with E-state index in [0.29, 0.717) is 23.8 Å². The number of carbonyl (C=O) groups excluding carboxylic acids is 1. The van der Waals surface area contributed by atoms with Crippen molar-refractivity contribution in [3.05, 3.63) is 29.8 Å². The van der Waals surface area contributed by atoms with Gasteiger partial charge < -0.3 is 15.5 Å². The van der Waals surface area contributed by atoms with Gasteiger partial charge in [-0.1, -0.05) is 0 Å². The lowest BCUT2D eigenvalue weighted by molar-refractivity contribution is 0.162. The van der Waals surface area contributed by atoms with Gasteiger partial charge in [0.25, 0.3) is 0 Å². The lowest BCUT2D eigenvalue weighted by Crippen LogP contribution is -2.57. The summed E-state index contributed by atoms with van der Waals surface area (Å²) in [5, 5.41) is 14.9. The summed E-state index contributed by atoms with van der Waals surface area (Å²) >= 11 is 0. The molecule has 2 rings (SSSR count). The smallest absolute Gasteiger partial charge is 0.319 e. The molecule has 2 unspecified atom stereocenters. The summed E-state index contributed by atoms with van der Waals surface area (Å²) in [6.45, 7) is 5.59. The molecule has 100 valence electrons. The summed E-state index contributed by atoms with van der Waals surface area (Å²) in [5.41, 5.74) is 1.30. The molecule has 1 aromatic carbocycles. The maximum atomic E-state index is 12.2. The first kappa shape index (κ1) is 13.4. The quantitative estimate of drug-likeness (QED) is 0.806. The highest BCUT2D eigenvalue weighted by Crippen LogP contribution is 2.12. The number of hydrogen-bond acceptors (Lipinski definition) is 3. The molecule has 2 N–H and O–H groups in total. The first-order chi connectivity index (χ1) is 9.10. The van der Waals surface area contributed by atoms with E-state index in [1.807, 2.05) is 11.8 Å². The standard InChI is InChI=1S/C14H18N4O/c1-10-9-18(11(2)8-16-10)14(19)17-13-5-3-12(7-15)4-6-13/h3-6,10-11,16H,8-9H2,1-2H3,(H,17,19).